The molecule has 36 heavy (non-hydrogen) atoms. The minimum Gasteiger partial charge on any atom is -0.494 e. The predicted octanol–water partition coefficient (Wildman–Crippen LogP) is 4.62. The topological polar surface area (TPSA) is 124 Å². The zero-order valence-corrected chi connectivity index (χ0v) is 19.7. The summed E-state index contributed by atoms with van der Waals surface area (Å²) in [5.41, 5.74) is 3.25. The Kier molecular flexibility index (Phi) is 5.74. The number of H-pyrrole nitrogens is 1. The van der Waals surface area contributed by atoms with Gasteiger partial charge in [0.15, 0.2) is 0 Å². The number of hydrogen-bond acceptors (Lipinski definition) is 6. The summed E-state index contributed by atoms with van der Waals surface area (Å²) in [4.78, 5) is 32.4. The van der Waals surface area contributed by atoms with Crippen LogP contribution in [0, 0.1) is 25.2 Å². The van der Waals surface area contributed by atoms with E-state index in [9.17, 15) is 20.0 Å². The lowest BCUT2D eigenvalue weighted by molar-refractivity contribution is 0.404. The van der Waals surface area contributed by atoms with Gasteiger partial charge >= 0.3 is 5.63 Å². The Morgan fingerprint density at radius 1 is 1.14 bits per heavy atom. The molecule has 2 N–H and O–H groups in total. The average molecular weight is 479 g/mol. The van der Waals surface area contributed by atoms with Gasteiger partial charge in [0.1, 0.15) is 17.2 Å². The monoisotopic (exact) mass is 478 g/mol. The quantitative estimate of drug-likeness (QED) is 0.282. The summed E-state index contributed by atoms with van der Waals surface area (Å²) in [5, 5.41) is 22.5. The number of fused-ring (bicyclic) bond motifs is 2. The highest BCUT2D eigenvalue weighted by molar-refractivity contribution is 5.89. The third-order valence-electron chi connectivity index (χ3n) is 6.40. The molecule has 0 aliphatic rings. The Morgan fingerprint density at radius 2 is 1.94 bits per heavy atom. The molecule has 0 aliphatic carbocycles. The van der Waals surface area contributed by atoms with E-state index < -0.39 is 11.2 Å². The number of nitrogens with zero attached hydrogens (tertiary/aromatic N) is 3. The van der Waals surface area contributed by atoms with Gasteiger partial charge in [-0.05, 0) is 55.2 Å². The van der Waals surface area contributed by atoms with E-state index in [1.807, 2.05) is 43.5 Å². The van der Waals surface area contributed by atoms with E-state index >= 15 is 0 Å². The molecule has 5 aromatic rings. The molecule has 8 nitrogen and oxygen atoms in total. The van der Waals surface area contributed by atoms with Gasteiger partial charge in [-0.2, -0.15) is 5.26 Å². The molecule has 0 saturated heterocycles. The lowest BCUT2D eigenvalue weighted by Crippen LogP contribution is -2.26. The number of rotatable bonds is 5. The first kappa shape index (κ1) is 22.9. The number of aliphatic imine (C=N–C) groups is 1. The zero-order valence-electron chi connectivity index (χ0n) is 19.7. The SMILES string of the molecule is Cc1c(C=Nc2ccc3c(C)cc(=O)oc3c2)c(O)n(CCc2c[nH]c3ccccc23)c(=O)c1C#N. The van der Waals surface area contributed by atoms with Crippen LogP contribution in [0.2, 0.25) is 0 Å². The lowest BCUT2D eigenvalue weighted by Gasteiger charge is -2.14. The van der Waals surface area contributed by atoms with Crippen molar-refractivity contribution in [1.82, 2.24) is 9.55 Å². The van der Waals surface area contributed by atoms with Crippen molar-refractivity contribution >= 4 is 33.8 Å². The van der Waals surface area contributed by atoms with Crippen molar-refractivity contribution in [2.24, 2.45) is 4.99 Å². The molecule has 0 unspecified atom stereocenters. The van der Waals surface area contributed by atoms with Crippen molar-refractivity contribution in [3.63, 3.8) is 0 Å². The Balaban J connectivity index is 1.53. The van der Waals surface area contributed by atoms with Crippen LogP contribution < -0.4 is 11.2 Å². The van der Waals surface area contributed by atoms with E-state index in [1.165, 1.54) is 16.8 Å². The molecular weight excluding hydrogens is 456 g/mol. The third kappa shape index (κ3) is 3.97. The van der Waals surface area contributed by atoms with Crippen LogP contribution in [-0.4, -0.2) is 20.9 Å². The molecule has 5 rings (SSSR count). The molecule has 0 atom stereocenters. The number of nitriles is 1. The van der Waals surface area contributed by atoms with Crippen molar-refractivity contribution < 1.29 is 9.52 Å². The largest absolute Gasteiger partial charge is 0.494 e. The molecule has 178 valence electrons. The number of aryl methyl sites for hydroxylation is 2. The Hall–Kier alpha value is -4.90. The van der Waals surface area contributed by atoms with Crippen LogP contribution in [0.3, 0.4) is 0 Å². The average Bonchev–Trinajstić information content (AvgIpc) is 3.27. The van der Waals surface area contributed by atoms with Gasteiger partial charge in [-0.15, -0.1) is 0 Å². The Morgan fingerprint density at radius 3 is 2.75 bits per heavy atom. The van der Waals surface area contributed by atoms with Gasteiger partial charge in [-0.3, -0.25) is 14.4 Å². The normalized spacial score (nSPS) is 11.5. The second kappa shape index (κ2) is 9.04. The minimum atomic E-state index is -0.549. The first-order chi connectivity index (χ1) is 17.4. The molecule has 0 bridgehead atoms. The summed E-state index contributed by atoms with van der Waals surface area (Å²) < 4.78 is 6.49. The molecule has 0 aliphatic heterocycles. The summed E-state index contributed by atoms with van der Waals surface area (Å²) in [5.74, 6) is -0.261. The highest BCUT2D eigenvalue weighted by Crippen LogP contribution is 2.25. The molecule has 3 heterocycles. The highest BCUT2D eigenvalue weighted by atomic mass is 16.4. The summed E-state index contributed by atoms with van der Waals surface area (Å²) in [6.07, 6.45) is 3.78. The van der Waals surface area contributed by atoms with Crippen LogP contribution in [-0.2, 0) is 13.0 Å². The number of nitrogens with one attached hydrogen (secondary N) is 1. The number of aromatic nitrogens is 2. The lowest BCUT2D eigenvalue weighted by atomic mass is 10.1. The summed E-state index contributed by atoms with van der Waals surface area (Å²) in [6.45, 7) is 3.61. The van der Waals surface area contributed by atoms with E-state index in [2.05, 4.69) is 9.98 Å². The fraction of sp³-hybridized carbons (Fsp3) is 0.143. The smallest absolute Gasteiger partial charge is 0.336 e. The van der Waals surface area contributed by atoms with Crippen molar-refractivity contribution in [2.75, 3.05) is 0 Å². The Labute approximate surface area is 205 Å². The maximum Gasteiger partial charge on any atom is 0.336 e. The molecule has 3 aromatic heterocycles. The number of hydrogen-bond donors (Lipinski definition) is 2. The van der Waals surface area contributed by atoms with Crippen molar-refractivity contribution in [3.05, 3.63) is 103 Å². The molecule has 2 aromatic carbocycles. The van der Waals surface area contributed by atoms with Gasteiger partial charge in [0, 0.05) is 47.4 Å². The first-order valence-corrected chi connectivity index (χ1v) is 11.4. The number of benzene rings is 2. The van der Waals surface area contributed by atoms with E-state index in [-0.39, 0.29) is 23.6 Å². The summed E-state index contributed by atoms with van der Waals surface area (Å²) >= 11 is 0. The van der Waals surface area contributed by atoms with E-state index in [1.54, 1.807) is 25.1 Å². The number of aromatic amines is 1. The van der Waals surface area contributed by atoms with Crippen LogP contribution in [0.4, 0.5) is 5.69 Å². The Bertz CT molecular complexity index is 1830. The molecule has 0 amide bonds. The standard InChI is InChI=1S/C28H22N4O4/c1-16-11-26(33)36-25-12-19(7-8-20(16)25)30-15-23-17(2)22(13-29)27(34)32(28(23)35)10-9-18-14-31-24-6-4-3-5-21(18)24/h3-8,11-12,14-15,31,35H,9-10H2,1-2H3. The van der Waals surface area contributed by atoms with Gasteiger partial charge in [0.05, 0.1) is 11.3 Å². The van der Waals surface area contributed by atoms with Gasteiger partial charge < -0.3 is 14.5 Å². The molecular formula is C28H22N4O4. The summed E-state index contributed by atoms with van der Waals surface area (Å²) in [6, 6.07) is 16.4. The maximum absolute atomic E-state index is 13.0. The number of para-hydroxylation sites is 1. The van der Waals surface area contributed by atoms with Crippen LogP contribution in [0.25, 0.3) is 21.9 Å². The molecule has 0 fully saturated rings. The minimum absolute atomic E-state index is 0.0479. The van der Waals surface area contributed by atoms with E-state index in [0.717, 1.165) is 27.4 Å². The van der Waals surface area contributed by atoms with Crippen molar-refractivity contribution in [2.45, 2.75) is 26.8 Å². The molecule has 8 heteroatoms. The van der Waals surface area contributed by atoms with E-state index in [4.69, 9.17) is 4.42 Å². The molecule has 0 radical (unpaired) electrons. The van der Waals surface area contributed by atoms with Crippen molar-refractivity contribution in [3.8, 4) is 11.9 Å². The van der Waals surface area contributed by atoms with Gasteiger partial charge in [0.2, 0.25) is 5.88 Å². The fourth-order valence-electron chi connectivity index (χ4n) is 4.44. The summed E-state index contributed by atoms with van der Waals surface area (Å²) in [7, 11) is 0. The first-order valence-electron chi connectivity index (χ1n) is 11.4. The molecule has 0 spiro atoms. The second-order valence-electron chi connectivity index (χ2n) is 8.60. The van der Waals surface area contributed by atoms with Gasteiger partial charge in [0.25, 0.3) is 5.56 Å². The number of pyridine rings is 1. The number of aromatic hydroxyl groups is 1. The maximum atomic E-state index is 13.0. The predicted molar refractivity (Wildman–Crippen MR) is 138 cm³/mol. The van der Waals surface area contributed by atoms with Crippen LogP contribution in [0.5, 0.6) is 5.88 Å². The van der Waals surface area contributed by atoms with E-state index in [0.29, 0.717) is 23.3 Å². The highest BCUT2D eigenvalue weighted by Gasteiger charge is 2.18. The second-order valence-corrected chi connectivity index (χ2v) is 8.60. The third-order valence-corrected chi connectivity index (χ3v) is 6.40. The van der Waals surface area contributed by atoms with Gasteiger partial charge in [-0.25, -0.2) is 4.79 Å². The van der Waals surface area contributed by atoms with Crippen molar-refractivity contribution in [1.29, 1.82) is 5.26 Å². The van der Waals surface area contributed by atoms with Gasteiger partial charge in [-0.1, -0.05) is 18.2 Å². The molecule has 0 saturated carbocycles. The van der Waals surface area contributed by atoms with Crippen LogP contribution in [0.15, 0.2) is 73.7 Å². The fourth-order valence-corrected chi connectivity index (χ4v) is 4.44. The van der Waals surface area contributed by atoms with Crippen LogP contribution >= 0.6 is 0 Å². The van der Waals surface area contributed by atoms with Crippen LogP contribution in [0.1, 0.15) is 27.8 Å². The zero-order chi connectivity index (χ0) is 25.4.